The molecule has 0 nitrogen and oxygen atoms in total. The van der Waals surface area contributed by atoms with Crippen molar-refractivity contribution >= 4 is 0 Å². The molecule has 0 fully saturated rings. The quantitative estimate of drug-likeness (QED) is 0.622. The molecule has 0 unspecified atom stereocenters. The molecular weight excluding hydrogens is 168 g/mol. The van der Waals surface area contributed by atoms with Gasteiger partial charge in [0.25, 0.3) is 0 Å². The van der Waals surface area contributed by atoms with Gasteiger partial charge in [-0.15, -0.1) is 0 Å². The molecule has 0 aliphatic rings. The lowest BCUT2D eigenvalue weighted by atomic mass is 9.96. The lowest BCUT2D eigenvalue weighted by molar-refractivity contribution is 1.10. The summed E-state index contributed by atoms with van der Waals surface area (Å²) in [6.45, 7) is 10.4. The highest BCUT2D eigenvalue weighted by molar-refractivity contribution is 5.35. The summed E-state index contributed by atoms with van der Waals surface area (Å²) in [5.41, 5.74) is 5.26. The molecule has 0 saturated carbocycles. The predicted molar refractivity (Wildman–Crippen MR) is 63.3 cm³/mol. The highest BCUT2D eigenvalue weighted by Crippen LogP contribution is 2.18. The van der Waals surface area contributed by atoms with Crippen LogP contribution in [0.25, 0.3) is 0 Å². The van der Waals surface area contributed by atoms with Crippen molar-refractivity contribution in [3.05, 3.63) is 59.2 Å². The van der Waals surface area contributed by atoms with Crippen molar-refractivity contribution in [3.8, 4) is 0 Å². The van der Waals surface area contributed by atoms with Crippen molar-refractivity contribution in [2.24, 2.45) is 0 Å². The highest BCUT2D eigenvalue weighted by Gasteiger charge is 2.01. The minimum absolute atomic E-state index is 0.999. The van der Waals surface area contributed by atoms with Gasteiger partial charge in [-0.05, 0) is 38.3 Å². The minimum Gasteiger partial charge on any atom is -0.0958 e. The molecule has 0 aliphatic heterocycles. The summed E-state index contributed by atoms with van der Waals surface area (Å²) in [7, 11) is 0. The maximum atomic E-state index is 4.02. The fraction of sp³-hybridized carbons (Fsp3) is 0.286. The van der Waals surface area contributed by atoms with Gasteiger partial charge in [-0.1, -0.05) is 48.1 Å². The third-order valence-electron chi connectivity index (χ3n) is 2.34. The summed E-state index contributed by atoms with van der Waals surface area (Å²) in [4.78, 5) is 0. The lowest BCUT2D eigenvalue weighted by Gasteiger charge is -2.09. The van der Waals surface area contributed by atoms with Crippen LogP contribution >= 0.6 is 0 Å². The second-order valence-corrected chi connectivity index (χ2v) is 3.92. The first kappa shape index (κ1) is 10.8. The third-order valence-corrected chi connectivity index (χ3v) is 2.34. The van der Waals surface area contributed by atoms with Crippen molar-refractivity contribution in [2.45, 2.75) is 27.2 Å². The second-order valence-electron chi connectivity index (χ2n) is 3.92. The zero-order valence-electron chi connectivity index (χ0n) is 9.30. The summed E-state index contributed by atoms with van der Waals surface area (Å²) in [5, 5.41) is 0. The predicted octanol–water partition coefficient (Wildman–Crippen LogP) is 4.14. The molecule has 1 aromatic carbocycles. The SMILES string of the molecule is C=C(C)C(Cc1ccccc1)=C(C)C. The van der Waals surface area contributed by atoms with Crippen molar-refractivity contribution in [1.82, 2.24) is 0 Å². The van der Waals surface area contributed by atoms with E-state index in [0.29, 0.717) is 0 Å². The van der Waals surface area contributed by atoms with E-state index in [1.54, 1.807) is 0 Å². The Bertz CT molecular complexity index is 338. The molecule has 1 aromatic rings. The Labute approximate surface area is 87.0 Å². The Morgan fingerprint density at radius 3 is 2.07 bits per heavy atom. The number of allylic oxidation sites excluding steroid dienone is 3. The smallest absolute Gasteiger partial charge is 0.00240 e. The second kappa shape index (κ2) is 4.80. The van der Waals surface area contributed by atoms with Gasteiger partial charge in [-0.2, -0.15) is 0 Å². The number of hydrogen-bond donors (Lipinski definition) is 0. The average Bonchev–Trinajstić information content (AvgIpc) is 2.15. The van der Waals surface area contributed by atoms with Crippen LogP contribution in [0.15, 0.2) is 53.6 Å². The average molecular weight is 186 g/mol. The maximum absolute atomic E-state index is 4.02. The summed E-state index contributed by atoms with van der Waals surface area (Å²) >= 11 is 0. The van der Waals surface area contributed by atoms with Crippen LogP contribution in [0.2, 0.25) is 0 Å². The Kier molecular flexibility index (Phi) is 3.70. The molecule has 0 bridgehead atoms. The Morgan fingerprint density at radius 1 is 1.07 bits per heavy atom. The Morgan fingerprint density at radius 2 is 1.64 bits per heavy atom. The van der Waals surface area contributed by atoms with Gasteiger partial charge in [0.15, 0.2) is 0 Å². The molecule has 1 rings (SSSR count). The van der Waals surface area contributed by atoms with Crippen LogP contribution in [0.5, 0.6) is 0 Å². The van der Waals surface area contributed by atoms with E-state index in [0.717, 1.165) is 6.42 Å². The zero-order chi connectivity index (χ0) is 10.6. The fourth-order valence-electron chi connectivity index (χ4n) is 1.55. The minimum atomic E-state index is 0.999. The van der Waals surface area contributed by atoms with Crippen LogP contribution in [0.4, 0.5) is 0 Å². The fourth-order valence-corrected chi connectivity index (χ4v) is 1.55. The number of rotatable bonds is 3. The van der Waals surface area contributed by atoms with E-state index in [9.17, 15) is 0 Å². The van der Waals surface area contributed by atoms with Crippen LogP contribution < -0.4 is 0 Å². The van der Waals surface area contributed by atoms with Gasteiger partial charge in [-0.25, -0.2) is 0 Å². The molecule has 0 amide bonds. The molecule has 0 atom stereocenters. The molecule has 0 saturated heterocycles. The van der Waals surface area contributed by atoms with Gasteiger partial charge in [0.05, 0.1) is 0 Å². The van der Waals surface area contributed by atoms with Crippen LogP contribution in [0, 0.1) is 0 Å². The summed E-state index contributed by atoms with van der Waals surface area (Å²) in [6.07, 6.45) is 0.999. The van der Waals surface area contributed by atoms with Crippen molar-refractivity contribution in [3.63, 3.8) is 0 Å². The van der Waals surface area contributed by atoms with Gasteiger partial charge < -0.3 is 0 Å². The molecule has 74 valence electrons. The summed E-state index contributed by atoms with van der Waals surface area (Å²) in [5.74, 6) is 0. The molecule has 14 heavy (non-hydrogen) atoms. The molecule has 0 N–H and O–H groups in total. The molecule has 0 heteroatoms. The van der Waals surface area contributed by atoms with Crippen LogP contribution in [-0.2, 0) is 6.42 Å². The van der Waals surface area contributed by atoms with Crippen LogP contribution in [0.3, 0.4) is 0 Å². The van der Waals surface area contributed by atoms with Gasteiger partial charge in [0, 0.05) is 0 Å². The van der Waals surface area contributed by atoms with E-state index in [1.165, 1.54) is 22.3 Å². The number of benzene rings is 1. The van der Waals surface area contributed by atoms with E-state index >= 15 is 0 Å². The third kappa shape index (κ3) is 2.88. The van der Waals surface area contributed by atoms with Crippen molar-refractivity contribution < 1.29 is 0 Å². The summed E-state index contributed by atoms with van der Waals surface area (Å²) < 4.78 is 0. The van der Waals surface area contributed by atoms with E-state index in [-0.39, 0.29) is 0 Å². The monoisotopic (exact) mass is 186 g/mol. The normalized spacial score (nSPS) is 9.64. The van der Waals surface area contributed by atoms with Crippen LogP contribution in [0.1, 0.15) is 26.3 Å². The van der Waals surface area contributed by atoms with E-state index in [1.807, 2.05) is 6.07 Å². The first-order chi connectivity index (χ1) is 6.61. The molecular formula is C14H18. The van der Waals surface area contributed by atoms with Gasteiger partial charge >= 0.3 is 0 Å². The van der Waals surface area contributed by atoms with E-state index in [2.05, 4.69) is 51.6 Å². The van der Waals surface area contributed by atoms with Gasteiger partial charge in [0.2, 0.25) is 0 Å². The van der Waals surface area contributed by atoms with Crippen LogP contribution in [-0.4, -0.2) is 0 Å². The first-order valence-electron chi connectivity index (χ1n) is 4.97. The number of hydrogen-bond acceptors (Lipinski definition) is 0. The zero-order valence-corrected chi connectivity index (χ0v) is 9.30. The lowest BCUT2D eigenvalue weighted by Crippen LogP contribution is -1.93. The van der Waals surface area contributed by atoms with Crippen molar-refractivity contribution in [1.29, 1.82) is 0 Å². The summed E-state index contributed by atoms with van der Waals surface area (Å²) in [6, 6.07) is 10.5. The molecule has 0 heterocycles. The van der Waals surface area contributed by atoms with Gasteiger partial charge in [-0.3, -0.25) is 0 Å². The maximum Gasteiger partial charge on any atom is -0.00240 e. The molecule has 0 aliphatic carbocycles. The molecule has 0 radical (unpaired) electrons. The van der Waals surface area contributed by atoms with Crippen molar-refractivity contribution in [2.75, 3.05) is 0 Å². The molecule has 0 aromatic heterocycles. The highest BCUT2D eigenvalue weighted by atomic mass is 14.1. The Balaban J connectivity index is 2.87. The van der Waals surface area contributed by atoms with Gasteiger partial charge in [0.1, 0.15) is 0 Å². The Hall–Kier alpha value is -1.30. The standard InChI is InChI=1S/C14H18/c1-11(2)14(12(3)4)10-13-8-6-5-7-9-13/h5-9H,1,10H2,2-4H3. The topological polar surface area (TPSA) is 0 Å². The first-order valence-corrected chi connectivity index (χ1v) is 4.97. The largest absolute Gasteiger partial charge is 0.0958 e. The molecule has 0 spiro atoms. The van der Waals surface area contributed by atoms with E-state index in [4.69, 9.17) is 0 Å². The van der Waals surface area contributed by atoms with E-state index < -0.39 is 0 Å².